The van der Waals surface area contributed by atoms with Gasteiger partial charge in [-0.2, -0.15) is 0 Å². The average Bonchev–Trinajstić information content (AvgIpc) is 3.12. The van der Waals surface area contributed by atoms with Crippen LogP contribution in [0.4, 0.5) is 4.39 Å². The number of hydrogen-bond donors (Lipinski definition) is 1. The van der Waals surface area contributed by atoms with Crippen LogP contribution in [0, 0.1) is 19.7 Å². The summed E-state index contributed by atoms with van der Waals surface area (Å²) < 4.78 is 24.1. The monoisotopic (exact) mass is 437 g/mol. The average molecular weight is 438 g/mol. The summed E-state index contributed by atoms with van der Waals surface area (Å²) in [4.78, 5) is 15.1. The van der Waals surface area contributed by atoms with Gasteiger partial charge >= 0.3 is 0 Å². The molecule has 0 radical (unpaired) electrons. The molecule has 1 aliphatic heterocycles. The molecule has 0 atom stereocenters. The molecular weight excluding hydrogens is 409 g/mol. The van der Waals surface area contributed by atoms with Crippen LogP contribution in [0.2, 0.25) is 0 Å². The second kappa shape index (κ2) is 9.96. The summed E-state index contributed by atoms with van der Waals surface area (Å²) in [6, 6.07) is 14.0. The van der Waals surface area contributed by atoms with Crippen LogP contribution in [0.15, 0.2) is 53.1 Å². The molecule has 168 valence electrons. The Morgan fingerprint density at radius 2 is 1.94 bits per heavy atom. The van der Waals surface area contributed by atoms with E-state index in [-0.39, 0.29) is 17.8 Å². The van der Waals surface area contributed by atoms with Gasteiger partial charge in [0.15, 0.2) is 0 Å². The number of carbonyl (C=O) groups excluding carboxylic acids is 1. The minimum atomic E-state index is -0.214. The fraction of sp³-hybridized carbons (Fsp3) is 0.360. The van der Waals surface area contributed by atoms with Crippen LogP contribution in [-0.2, 0) is 13.2 Å². The van der Waals surface area contributed by atoms with Crippen molar-refractivity contribution in [3.63, 3.8) is 0 Å². The Morgan fingerprint density at radius 1 is 1.19 bits per heavy atom. The van der Waals surface area contributed by atoms with Crippen LogP contribution in [0.25, 0.3) is 0 Å². The van der Waals surface area contributed by atoms with E-state index < -0.39 is 0 Å². The number of carbonyl (C=O) groups is 1. The summed E-state index contributed by atoms with van der Waals surface area (Å²) in [5.74, 6) is 1.06. The van der Waals surface area contributed by atoms with E-state index in [2.05, 4.69) is 15.4 Å². The molecule has 6 nitrogen and oxygen atoms in total. The van der Waals surface area contributed by atoms with Crippen LogP contribution in [-0.4, -0.2) is 35.1 Å². The van der Waals surface area contributed by atoms with E-state index in [1.54, 1.807) is 12.1 Å². The molecule has 1 saturated heterocycles. The van der Waals surface area contributed by atoms with Crippen LogP contribution >= 0.6 is 0 Å². The Labute approximate surface area is 187 Å². The fourth-order valence-corrected chi connectivity index (χ4v) is 3.94. The Bertz CT molecular complexity index is 1040. The molecule has 1 fully saturated rings. The van der Waals surface area contributed by atoms with E-state index >= 15 is 0 Å². The van der Waals surface area contributed by atoms with E-state index in [1.165, 1.54) is 12.1 Å². The summed E-state index contributed by atoms with van der Waals surface area (Å²) in [5.41, 5.74) is 3.41. The molecule has 3 aromatic rings. The molecule has 1 amide bonds. The lowest BCUT2D eigenvalue weighted by Gasteiger charge is -2.32. The molecule has 32 heavy (non-hydrogen) atoms. The molecule has 1 N–H and O–H groups in total. The van der Waals surface area contributed by atoms with Crippen molar-refractivity contribution < 1.29 is 18.4 Å². The van der Waals surface area contributed by atoms with Gasteiger partial charge in [-0.3, -0.25) is 9.69 Å². The van der Waals surface area contributed by atoms with Gasteiger partial charge in [-0.25, -0.2) is 4.39 Å². The first-order valence-electron chi connectivity index (χ1n) is 10.9. The maximum atomic E-state index is 13.1. The minimum Gasteiger partial charge on any atom is -0.489 e. The van der Waals surface area contributed by atoms with Gasteiger partial charge in [0.05, 0.1) is 11.3 Å². The lowest BCUT2D eigenvalue weighted by Crippen LogP contribution is -2.44. The molecule has 1 aromatic heterocycles. The largest absolute Gasteiger partial charge is 0.489 e. The highest BCUT2D eigenvalue weighted by atomic mass is 19.1. The van der Waals surface area contributed by atoms with Crippen LogP contribution in [0.1, 0.15) is 45.8 Å². The third kappa shape index (κ3) is 5.53. The van der Waals surface area contributed by atoms with E-state index in [1.807, 2.05) is 38.1 Å². The fourth-order valence-electron chi connectivity index (χ4n) is 3.94. The SMILES string of the molecule is Cc1noc(C)c1COc1cccc(C(=O)NC2CCN(Cc3ccc(F)cc3)CC2)c1. The Hall–Kier alpha value is -3.19. The maximum Gasteiger partial charge on any atom is 0.251 e. The van der Waals surface area contributed by atoms with Crippen molar-refractivity contribution in [2.75, 3.05) is 13.1 Å². The molecule has 7 heteroatoms. The zero-order chi connectivity index (χ0) is 22.5. The summed E-state index contributed by atoms with van der Waals surface area (Å²) in [6.45, 7) is 6.66. The molecule has 2 heterocycles. The number of ether oxygens (including phenoxy) is 1. The number of rotatable bonds is 7. The van der Waals surface area contributed by atoms with Gasteiger partial charge in [0.1, 0.15) is 23.9 Å². The predicted molar refractivity (Wildman–Crippen MR) is 119 cm³/mol. The van der Waals surface area contributed by atoms with Gasteiger partial charge in [-0.15, -0.1) is 0 Å². The van der Waals surface area contributed by atoms with Crippen molar-refractivity contribution in [2.24, 2.45) is 0 Å². The van der Waals surface area contributed by atoms with Gasteiger partial charge in [-0.1, -0.05) is 23.4 Å². The minimum absolute atomic E-state index is 0.0928. The lowest BCUT2D eigenvalue weighted by molar-refractivity contribution is 0.0908. The normalized spacial score (nSPS) is 15.0. The first kappa shape index (κ1) is 22.0. The predicted octanol–water partition coefficient (Wildman–Crippen LogP) is 4.40. The smallest absolute Gasteiger partial charge is 0.251 e. The summed E-state index contributed by atoms with van der Waals surface area (Å²) >= 11 is 0. The molecule has 4 rings (SSSR count). The Kier molecular flexibility index (Phi) is 6.85. The number of piperidine rings is 1. The number of nitrogens with zero attached hydrogens (tertiary/aromatic N) is 2. The van der Waals surface area contributed by atoms with E-state index in [0.29, 0.717) is 17.9 Å². The number of hydrogen-bond acceptors (Lipinski definition) is 5. The molecule has 0 bridgehead atoms. The van der Waals surface area contributed by atoms with Crippen molar-refractivity contribution in [3.05, 3.63) is 82.5 Å². The second-order valence-corrected chi connectivity index (χ2v) is 8.27. The lowest BCUT2D eigenvalue weighted by atomic mass is 10.0. The van der Waals surface area contributed by atoms with Gasteiger partial charge < -0.3 is 14.6 Å². The van der Waals surface area contributed by atoms with Gasteiger partial charge in [-0.05, 0) is 62.6 Å². The zero-order valence-corrected chi connectivity index (χ0v) is 18.4. The van der Waals surface area contributed by atoms with Crippen molar-refractivity contribution >= 4 is 5.91 Å². The highest BCUT2D eigenvalue weighted by molar-refractivity contribution is 5.94. The quantitative estimate of drug-likeness (QED) is 0.593. The molecule has 1 aliphatic rings. The number of likely N-dealkylation sites (tertiary alicyclic amines) is 1. The number of aromatic nitrogens is 1. The Balaban J connectivity index is 1.27. The highest BCUT2D eigenvalue weighted by Crippen LogP contribution is 2.20. The van der Waals surface area contributed by atoms with Crippen molar-refractivity contribution in [3.8, 4) is 5.75 Å². The molecular formula is C25H28FN3O3. The summed E-state index contributed by atoms with van der Waals surface area (Å²) in [5, 5.41) is 7.08. The van der Waals surface area contributed by atoms with Crippen LogP contribution in [0.3, 0.4) is 0 Å². The van der Waals surface area contributed by atoms with Gasteiger partial charge in [0.2, 0.25) is 0 Å². The number of aryl methyl sites for hydroxylation is 2. The van der Waals surface area contributed by atoms with E-state index in [0.717, 1.165) is 55.1 Å². The highest BCUT2D eigenvalue weighted by Gasteiger charge is 2.21. The molecule has 0 spiro atoms. The number of amides is 1. The molecule has 0 saturated carbocycles. The zero-order valence-electron chi connectivity index (χ0n) is 18.4. The maximum absolute atomic E-state index is 13.1. The van der Waals surface area contributed by atoms with Crippen molar-refractivity contribution in [2.45, 2.75) is 45.9 Å². The van der Waals surface area contributed by atoms with E-state index in [4.69, 9.17) is 9.26 Å². The molecule has 0 unspecified atom stereocenters. The van der Waals surface area contributed by atoms with Crippen molar-refractivity contribution in [1.82, 2.24) is 15.4 Å². The summed E-state index contributed by atoms with van der Waals surface area (Å²) in [6.07, 6.45) is 1.77. The summed E-state index contributed by atoms with van der Waals surface area (Å²) in [7, 11) is 0. The first-order valence-corrected chi connectivity index (χ1v) is 10.9. The van der Waals surface area contributed by atoms with Gasteiger partial charge in [0, 0.05) is 31.2 Å². The number of halogens is 1. The van der Waals surface area contributed by atoms with Gasteiger partial charge in [0.25, 0.3) is 5.91 Å². The van der Waals surface area contributed by atoms with Crippen LogP contribution < -0.4 is 10.1 Å². The molecule has 2 aromatic carbocycles. The van der Waals surface area contributed by atoms with Crippen molar-refractivity contribution in [1.29, 1.82) is 0 Å². The van der Waals surface area contributed by atoms with E-state index in [9.17, 15) is 9.18 Å². The molecule has 0 aliphatic carbocycles. The standard InChI is InChI=1S/C25H28FN3O3/c1-17-24(18(2)32-28-17)16-31-23-5-3-4-20(14-23)25(30)27-22-10-12-29(13-11-22)15-19-6-8-21(26)9-7-19/h3-9,14,22H,10-13,15-16H2,1-2H3,(H,27,30). The number of nitrogens with one attached hydrogen (secondary N) is 1. The third-order valence-corrected chi connectivity index (χ3v) is 5.90. The number of benzene rings is 2. The topological polar surface area (TPSA) is 67.6 Å². The Morgan fingerprint density at radius 3 is 2.62 bits per heavy atom. The third-order valence-electron chi connectivity index (χ3n) is 5.90. The second-order valence-electron chi connectivity index (χ2n) is 8.27. The first-order chi connectivity index (χ1) is 15.5. The van der Waals surface area contributed by atoms with Crippen LogP contribution in [0.5, 0.6) is 5.75 Å².